The fourth-order valence-electron chi connectivity index (χ4n) is 6.62. The number of piperazine rings is 1. The molecule has 0 unspecified atom stereocenters. The Balaban J connectivity index is 1.09. The van der Waals surface area contributed by atoms with E-state index in [1.165, 1.54) is 54.5 Å². The van der Waals surface area contributed by atoms with Crippen LogP contribution in [-0.2, 0) is 0 Å². The molecule has 3 aromatic carbocycles. The maximum absolute atomic E-state index is 13.3. The van der Waals surface area contributed by atoms with Gasteiger partial charge in [-0.05, 0) is 68.0 Å². The largest absolute Gasteiger partial charge is 0.369 e. The van der Waals surface area contributed by atoms with E-state index in [-0.39, 0.29) is 5.91 Å². The van der Waals surface area contributed by atoms with Crippen molar-refractivity contribution in [1.82, 2.24) is 20.0 Å². The summed E-state index contributed by atoms with van der Waals surface area (Å²) in [6, 6.07) is 27.6. The number of hydrogen-bond donors (Lipinski definition) is 1. The van der Waals surface area contributed by atoms with Crippen LogP contribution in [0.5, 0.6) is 0 Å². The fraction of sp³-hybridized carbons (Fsp3) is 0.389. The van der Waals surface area contributed by atoms with Gasteiger partial charge in [0.25, 0.3) is 5.91 Å². The monoisotopic (exact) mass is 561 g/mol. The van der Waals surface area contributed by atoms with Crippen LogP contribution >= 0.6 is 0 Å². The second kappa shape index (κ2) is 13.0. The number of para-hydroxylation sites is 1. The van der Waals surface area contributed by atoms with Crippen molar-refractivity contribution in [2.75, 3.05) is 44.2 Å². The third kappa shape index (κ3) is 6.44. The van der Waals surface area contributed by atoms with E-state index in [1.807, 2.05) is 41.1 Å². The lowest BCUT2D eigenvalue weighted by Gasteiger charge is -2.36. The van der Waals surface area contributed by atoms with E-state index >= 15 is 0 Å². The molecule has 1 amide bonds. The van der Waals surface area contributed by atoms with Crippen molar-refractivity contribution in [3.8, 4) is 16.9 Å². The summed E-state index contributed by atoms with van der Waals surface area (Å²) in [6.07, 6.45) is 6.59. The average molecular weight is 562 g/mol. The predicted molar refractivity (Wildman–Crippen MR) is 172 cm³/mol. The van der Waals surface area contributed by atoms with Crippen LogP contribution in [0, 0.1) is 13.8 Å². The number of nitrogens with zero attached hydrogens (tertiary/aromatic N) is 4. The van der Waals surface area contributed by atoms with Gasteiger partial charge in [0.15, 0.2) is 5.69 Å². The van der Waals surface area contributed by atoms with E-state index in [4.69, 9.17) is 5.10 Å². The number of amides is 1. The van der Waals surface area contributed by atoms with Crippen molar-refractivity contribution >= 4 is 11.6 Å². The maximum atomic E-state index is 13.3. The molecule has 1 aromatic heterocycles. The van der Waals surface area contributed by atoms with Crippen molar-refractivity contribution < 1.29 is 4.79 Å². The van der Waals surface area contributed by atoms with Crippen LogP contribution in [0.25, 0.3) is 16.9 Å². The molecule has 0 bridgehead atoms. The first-order valence-electron chi connectivity index (χ1n) is 15.6. The second-order valence-electron chi connectivity index (χ2n) is 12.0. The van der Waals surface area contributed by atoms with Crippen LogP contribution in [0.3, 0.4) is 0 Å². The van der Waals surface area contributed by atoms with E-state index in [0.29, 0.717) is 18.2 Å². The van der Waals surface area contributed by atoms with Gasteiger partial charge in [-0.1, -0.05) is 79.4 Å². The van der Waals surface area contributed by atoms with Gasteiger partial charge in [-0.25, -0.2) is 4.68 Å². The Morgan fingerprint density at radius 1 is 0.857 bits per heavy atom. The number of hydrogen-bond acceptors (Lipinski definition) is 4. The van der Waals surface area contributed by atoms with Gasteiger partial charge in [-0.2, -0.15) is 5.10 Å². The van der Waals surface area contributed by atoms with Gasteiger partial charge in [-0.3, -0.25) is 9.69 Å². The molecular formula is C36H43N5O. The highest BCUT2D eigenvalue weighted by Crippen LogP contribution is 2.34. The summed E-state index contributed by atoms with van der Waals surface area (Å²) in [6.45, 7) is 9.77. The highest BCUT2D eigenvalue weighted by Gasteiger charge is 2.21. The Labute approximate surface area is 250 Å². The Hall–Kier alpha value is -3.90. The van der Waals surface area contributed by atoms with Crippen molar-refractivity contribution in [3.05, 3.63) is 101 Å². The summed E-state index contributed by atoms with van der Waals surface area (Å²) in [4.78, 5) is 18.2. The first-order chi connectivity index (χ1) is 20.5. The smallest absolute Gasteiger partial charge is 0.271 e. The molecule has 2 heterocycles. The zero-order valence-corrected chi connectivity index (χ0v) is 25.1. The molecular weight excluding hydrogens is 518 g/mol. The van der Waals surface area contributed by atoms with Gasteiger partial charge < -0.3 is 10.2 Å². The zero-order valence-electron chi connectivity index (χ0n) is 25.1. The summed E-state index contributed by atoms with van der Waals surface area (Å²) >= 11 is 0. The summed E-state index contributed by atoms with van der Waals surface area (Å²) in [5.74, 6) is 0.543. The third-order valence-electron chi connectivity index (χ3n) is 9.00. The van der Waals surface area contributed by atoms with Gasteiger partial charge in [0.05, 0.1) is 11.4 Å². The first kappa shape index (κ1) is 28.2. The minimum Gasteiger partial charge on any atom is -0.369 e. The fourth-order valence-corrected chi connectivity index (χ4v) is 6.62. The third-order valence-corrected chi connectivity index (χ3v) is 9.00. The summed E-state index contributed by atoms with van der Waals surface area (Å²) in [5.41, 5.74) is 8.81. The van der Waals surface area contributed by atoms with Crippen molar-refractivity contribution in [3.63, 3.8) is 0 Å². The molecule has 1 N–H and O–H groups in total. The normalized spacial score (nSPS) is 16.5. The lowest BCUT2D eigenvalue weighted by molar-refractivity contribution is 0.0942. The molecule has 42 heavy (non-hydrogen) atoms. The molecule has 1 saturated carbocycles. The maximum Gasteiger partial charge on any atom is 0.271 e. The highest BCUT2D eigenvalue weighted by molar-refractivity contribution is 5.93. The highest BCUT2D eigenvalue weighted by atomic mass is 16.1. The molecule has 0 spiro atoms. The van der Waals surface area contributed by atoms with Crippen molar-refractivity contribution in [1.29, 1.82) is 0 Å². The van der Waals surface area contributed by atoms with Gasteiger partial charge in [0.2, 0.25) is 0 Å². The van der Waals surface area contributed by atoms with Gasteiger partial charge in [0, 0.05) is 50.5 Å². The predicted octanol–water partition coefficient (Wildman–Crippen LogP) is 6.76. The number of nitrogens with one attached hydrogen (secondary N) is 1. The Morgan fingerprint density at radius 2 is 1.60 bits per heavy atom. The van der Waals surface area contributed by atoms with Crippen LogP contribution < -0.4 is 10.2 Å². The zero-order chi connectivity index (χ0) is 28.9. The Bertz CT molecular complexity index is 1480. The van der Waals surface area contributed by atoms with Crippen LogP contribution in [0.4, 0.5) is 5.69 Å². The minimum atomic E-state index is -0.126. The number of anilines is 1. The molecule has 6 nitrogen and oxygen atoms in total. The summed E-state index contributed by atoms with van der Waals surface area (Å²) < 4.78 is 1.90. The molecule has 1 aliphatic heterocycles. The number of benzene rings is 3. The van der Waals surface area contributed by atoms with Crippen molar-refractivity contribution in [2.24, 2.45) is 0 Å². The van der Waals surface area contributed by atoms with Crippen LogP contribution in [0.1, 0.15) is 65.2 Å². The van der Waals surface area contributed by atoms with E-state index < -0.39 is 0 Å². The van der Waals surface area contributed by atoms with E-state index in [0.717, 1.165) is 49.7 Å². The minimum absolute atomic E-state index is 0.126. The number of aromatic nitrogens is 2. The van der Waals surface area contributed by atoms with E-state index in [9.17, 15) is 4.79 Å². The SMILES string of the molecule is Cc1ccc(N2CCN(CCNC(=O)c3cc(-c4ccc(C5CCCCC5)cc4)n(-c4ccccc4)n3)CC2)c(C)c1. The Morgan fingerprint density at radius 3 is 2.31 bits per heavy atom. The number of carbonyl (C=O) groups excluding carboxylic acids is 1. The van der Waals surface area contributed by atoms with Gasteiger partial charge in [0.1, 0.15) is 0 Å². The molecule has 6 heteroatoms. The van der Waals surface area contributed by atoms with E-state index in [1.54, 1.807) is 0 Å². The molecule has 0 atom stereocenters. The molecule has 6 rings (SSSR count). The lowest BCUT2D eigenvalue weighted by Crippen LogP contribution is -2.48. The number of rotatable bonds is 8. The summed E-state index contributed by atoms with van der Waals surface area (Å²) in [7, 11) is 0. The first-order valence-corrected chi connectivity index (χ1v) is 15.6. The molecule has 0 radical (unpaired) electrons. The Kier molecular flexibility index (Phi) is 8.71. The van der Waals surface area contributed by atoms with Gasteiger partial charge in [-0.15, -0.1) is 0 Å². The van der Waals surface area contributed by atoms with Crippen LogP contribution in [0.15, 0.2) is 78.9 Å². The second-order valence-corrected chi connectivity index (χ2v) is 12.0. The molecule has 1 aliphatic carbocycles. The molecule has 2 aliphatic rings. The number of carbonyl (C=O) groups is 1. The van der Waals surface area contributed by atoms with Crippen LogP contribution in [0.2, 0.25) is 0 Å². The van der Waals surface area contributed by atoms with E-state index in [2.05, 4.69) is 71.4 Å². The average Bonchev–Trinajstić information content (AvgIpc) is 3.48. The molecule has 2 fully saturated rings. The quantitative estimate of drug-likeness (QED) is 0.258. The molecule has 4 aromatic rings. The lowest BCUT2D eigenvalue weighted by atomic mass is 9.84. The standard InChI is InChI=1S/C36H43N5O/c1-27-13-18-34(28(2)25-27)40-23-21-39(22-24-40)20-19-37-36(42)33-26-35(41(38-33)32-11-7-4-8-12-32)31-16-14-30(15-17-31)29-9-5-3-6-10-29/h4,7-8,11-18,25-26,29H,3,5-6,9-10,19-24H2,1-2H3,(H,37,42). The van der Waals surface area contributed by atoms with Crippen LogP contribution in [-0.4, -0.2) is 59.9 Å². The molecule has 1 saturated heterocycles. The van der Waals surface area contributed by atoms with Crippen molar-refractivity contribution in [2.45, 2.75) is 51.9 Å². The topological polar surface area (TPSA) is 53.4 Å². The number of aryl methyl sites for hydroxylation is 2. The van der Waals surface area contributed by atoms with Gasteiger partial charge >= 0.3 is 0 Å². The summed E-state index contributed by atoms with van der Waals surface area (Å²) in [5, 5.41) is 7.91. The molecule has 218 valence electrons.